The van der Waals surface area contributed by atoms with Crippen LogP contribution < -0.4 is 4.74 Å². The van der Waals surface area contributed by atoms with Gasteiger partial charge in [-0.15, -0.1) is 5.92 Å². The van der Waals surface area contributed by atoms with E-state index in [2.05, 4.69) is 56.0 Å². The molecule has 4 aliphatic rings. The van der Waals surface area contributed by atoms with Gasteiger partial charge < -0.3 is 14.9 Å². The molecule has 4 aliphatic carbocycles. The van der Waals surface area contributed by atoms with E-state index in [1.807, 2.05) is 6.92 Å². The molecule has 8 atom stereocenters. The minimum absolute atomic E-state index is 0.116. The lowest BCUT2D eigenvalue weighted by atomic mass is 9.43. The quantitative estimate of drug-likeness (QED) is 0.480. The van der Waals surface area contributed by atoms with Crippen LogP contribution in [0.1, 0.15) is 77.2 Å². The van der Waals surface area contributed by atoms with Crippen molar-refractivity contribution in [1.29, 1.82) is 0 Å². The van der Waals surface area contributed by atoms with E-state index in [-0.39, 0.29) is 16.9 Å². The van der Waals surface area contributed by atoms with Gasteiger partial charge in [-0.1, -0.05) is 43.5 Å². The first-order valence-electron chi connectivity index (χ1n) is 12.5. The number of aliphatic hydroxyl groups is 2. The Morgan fingerprint density at radius 3 is 2.50 bits per heavy atom. The van der Waals surface area contributed by atoms with Gasteiger partial charge in [-0.3, -0.25) is 0 Å². The van der Waals surface area contributed by atoms with Crippen molar-refractivity contribution in [3.63, 3.8) is 0 Å². The summed E-state index contributed by atoms with van der Waals surface area (Å²) in [4.78, 5) is 0. The molecule has 8 unspecified atom stereocenters. The largest absolute Gasteiger partial charge is 0.497 e. The van der Waals surface area contributed by atoms with E-state index in [4.69, 9.17) is 4.74 Å². The summed E-state index contributed by atoms with van der Waals surface area (Å²) in [6, 6.07) is 8.64. The number of rotatable bonds is 2. The molecule has 1 aromatic rings. The molecule has 3 fully saturated rings. The molecule has 32 heavy (non-hydrogen) atoms. The Morgan fingerprint density at radius 2 is 1.81 bits per heavy atom. The average Bonchev–Trinajstić information content (AvgIpc) is 3.04. The summed E-state index contributed by atoms with van der Waals surface area (Å²) in [6.45, 7) is 6.64. The lowest BCUT2D eigenvalue weighted by Crippen LogP contribution is -2.57. The molecule has 0 amide bonds. The molecule has 3 nitrogen and oxygen atoms in total. The highest BCUT2D eigenvalue weighted by Crippen LogP contribution is 2.70. The second kappa shape index (κ2) is 7.64. The standard InChI is InChI=1S/C29H38O3/c1-5-14-29(31)16-13-25-23-11-8-20-17-21(30)12-15-27(20,2)26(23)24(18-28(25,29)3)19-6-9-22(32-4)10-7-19/h6-7,9-10,17,21,23-26,30-31H,8,11-13,15-16,18H2,1-4H3. The first-order chi connectivity index (χ1) is 15.3. The van der Waals surface area contributed by atoms with Crippen molar-refractivity contribution in [3.8, 4) is 17.6 Å². The molecule has 1 aromatic carbocycles. The highest BCUT2D eigenvalue weighted by molar-refractivity contribution is 5.37. The van der Waals surface area contributed by atoms with E-state index in [0.29, 0.717) is 23.7 Å². The normalized spacial score (nSPS) is 44.9. The van der Waals surface area contributed by atoms with Crippen LogP contribution in [0.4, 0.5) is 0 Å². The summed E-state index contributed by atoms with van der Waals surface area (Å²) < 4.78 is 5.44. The molecule has 0 saturated heterocycles. The topological polar surface area (TPSA) is 49.7 Å². The maximum atomic E-state index is 11.8. The van der Waals surface area contributed by atoms with Gasteiger partial charge in [-0.2, -0.15) is 0 Å². The van der Waals surface area contributed by atoms with Gasteiger partial charge in [0, 0.05) is 5.41 Å². The molecule has 5 rings (SSSR count). The van der Waals surface area contributed by atoms with E-state index in [9.17, 15) is 10.2 Å². The number of aliphatic hydroxyl groups excluding tert-OH is 1. The number of allylic oxidation sites excluding steroid dienone is 1. The molecular weight excluding hydrogens is 396 g/mol. The minimum atomic E-state index is -0.901. The molecule has 0 bridgehead atoms. The molecule has 3 saturated carbocycles. The van der Waals surface area contributed by atoms with Gasteiger partial charge in [0.15, 0.2) is 0 Å². The zero-order chi connectivity index (χ0) is 22.7. The van der Waals surface area contributed by atoms with Crippen LogP contribution in [0, 0.1) is 40.4 Å². The Hall–Kier alpha value is -1.76. The van der Waals surface area contributed by atoms with Crippen LogP contribution >= 0.6 is 0 Å². The van der Waals surface area contributed by atoms with Crippen LogP contribution in [0.5, 0.6) is 5.75 Å². The number of hydrogen-bond acceptors (Lipinski definition) is 3. The van der Waals surface area contributed by atoms with E-state index < -0.39 is 5.60 Å². The number of ether oxygens (including phenoxy) is 1. The van der Waals surface area contributed by atoms with E-state index in [1.165, 1.54) is 11.1 Å². The Balaban J connectivity index is 1.64. The highest BCUT2D eigenvalue weighted by atomic mass is 16.5. The van der Waals surface area contributed by atoms with Crippen molar-refractivity contribution in [1.82, 2.24) is 0 Å². The summed E-state index contributed by atoms with van der Waals surface area (Å²) in [5, 5.41) is 22.2. The van der Waals surface area contributed by atoms with Crippen LogP contribution in [-0.4, -0.2) is 29.0 Å². The lowest BCUT2D eigenvalue weighted by Gasteiger charge is -2.62. The zero-order valence-corrected chi connectivity index (χ0v) is 20.0. The minimum Gasteiger partial charge on any atom is -0.497 e. The molecule has 2 N–H and O–H groups in total. The van der Waals surface area contributed by atoms with Crippen molar-refractivity contribution in [2.75, 3.05) is 7.11 Å². The second-order valence-electron chi connectivity index (χ2n) is 11.3. The summed E-state index contributed by atoms with van der Waals surface area (Å²) in [7, 11) is 1.71. The Labute approximate surface area is 193 Å². The Morgan fingerprint density at radius 1 is 1.06 bits per heavy atom. The van der Waals surface area contributed by atoms with Gasteiger partial charge in [0.2, 0.25) is 0 Å². The van der Waals surface area contributed by atoms with Gasteiger partial charge in [0.25, 0.3) is 0 Å². The number of methoxy groups -OCH3 is 1. The first-order valence-corrected chi connectivity index (χ1v) is 12.5. The third kappa shape index (κ3) is 3.02. The summed E-state index contributed by atoms with van der Waals surface area (Å²) in [5.74, 6) is 9.16. The van der Waals surface area contributed by atoms with Crippen molar-refractivity contribution < 1.29 is 14.9 Å². The maximum Gasteiger partial charge on any atom is 0.131 e. The molecule has 0 heterocycles. The van der Waals surface area contributed by atoms with E-state index in [0.717, 1.165) is 50.7 Å². The number of fused-ring (bicyclic) bond motifs is 5. The molecule has 172 valence electrons. The molecule has 0 aromatic heterocycles. The van der Waals surface area contributed by atoms with Crippen LogP contribution in [0.3, 0.4) is 0 Å². The third-order valence-corrected chi connectivity index (χ3v) is 10.1. The van der Waals surface area contributed by atoms with E-state index in [1.54, 1.807) is 7.11 Å². The molecular formula is C29H38O3. The molecule has 0 aliphatic heterocycles. The number of benzene rings is 1. The van der Waals surface area contributed by atoms with Crippen LogP contribution in [0.25, 0.3) is 0 Å². The zero-order valence-electron chi connectivity index (χ0n) is 20.0. The fraction of sp³-hybridized carbons (Fsp3) is 0.655. The van der Waals surface area contributed by atoms with Crippen LogP contribution in [0.2, 0.25) is 0 Å². The second-order valence-corrected chi connectivity index (χ2v) is 11.3. The maximum absolute atomic E-state index is 11.8. The summed E-state index contributed by atoms with van der Waals surface area (Å²) in [6.07, 6.45) is 8.83. The average molecular weight is 435 g/mol. The predicted molar refractivity (Wildman–Crippen MR) is 127 cm³/mol. The van der Waals surface area contributed by atoms with Gasteiger partial charge in [-0.05, 0) is 98.7 Å². The molecule has 0 spiro atoms. The lowest BCUT2D eigenvalue weighted by molar-refractivity contribution is -0.112. The smallest absolute Gasteiger partial charge is 0.131 e. The number of hydrogen-bond donors (Lipinski definition) is 2. The van der Waals surface area contributed by atoms with Gasteiger partial charge in [-0.25, -0.2) is 0 Å². The summed E-state index contributed by atoms with van der Waals surface area (Å²) in [5.41, 5.74) is 1.84. The van der Waals surface area contributed by atoms with Crippen LogP contribution in [0.15, 0.2) is 35.9 Å². The van der Waals surface area contributed by atoms with Crippen LogP contribution in [-0.2, 0) is 0 Å². The highest BCUT2D eigenvalue weighted by Gasteiger charge is 2.66. The fourth-order valence-electron chi connectivity index (χ4n) is 8.49. The first kappa shape index (κ1) is 22.1. The van der Waals surface area contributed by atoms with Gasteiger partial charge >= 0.3 is 0 Å². The van der Waals surface area contributed by atoms with Crippen molar-refractivity contribution in [2.45, 2.75) is 83.3 Å². The summed E-state index contributed by atoms with van der Waals surface area (Å²) >= 11 is 0. The van der Waals surface area contributed by atoms with E-state index >= 15 is 0 Å². The van der Waals surface area contributed by atoms with Gasteiger partial charge in [0.1, 0.15) is 11.4 Å². The molecule has 3 heteroatoms. The fourth-order valence-corrected chi connectivity index (χ4v) is 8.49. The van der Waals surface area contributed by atoms with Crippen molar-refractivity contribution >= 4 is 0 Å². The van der Waals surface area contributed by atoms with Crippen molar-refractivity contribution in [3.05, 3.63) is 41.5 Å². The van der Waals surface area contributed by atoms with Gasteiger partial charge in [0.05, 0.1) is 13.2 Å². The molecule has 0 radical (unpaired) electrons. The Kier molecular flexibility index (Phi) is 5.27. The third-order valence-electron chi connectivity index (χ3n) is 10.1. The Bertz CT molecular complexity index is 968. The monoisotopic (exact) mass is 434 g/mol. The SMILES string of the molecule is CC#CC1(O)CCC2C3CCC4=CC(O)CCC4(C)C3C(c3ccc(OC)cc3)CC21C. The predicted octanol–water partition coefficient (Wildman–Crippen LogP) is 5.47. The van der Waals surface area contributed by atoms with Crippen molar-refractivity contribution in [2.24, 2.45) is 28.6 Å².